The van der Waals surface area contributed by atoms with E-state index in [1.165, 1.54) is 12.8 Å². The van der Waals surface area contributed by atoms with Crippen molar-refractivity contribution in [2.75, 3.05) is 32.7 Å². The SMILES string of the molecule is C=C(CN1CCN(C2CC2)CC1)[B-](F)(F)F. The molecule has 6 heteroatoms. The molecule has 1 saturated heterocycles. The van der Waals surface area contributed by atoms with Gasteiger partial charge in [0.1, 0.15) is 0 Å². The predicted octanol–water partition coefficient (Wildman–Crippen LogP) is 1.71. The van der Waals surface area contributed by atoms with Gasteiger partial charge in [0.25, 0.3) is 0 Å². The van der Waals surface area contributed by atoms with Gasteiger partial charge in [0.05, 0.1) is 0 Å². The molecule has 0 spiro atoms. The second kappa shape index (κ2) is 4.41. The molecule has 1 aliphatic carbocycles. The highest BCUT2D eigenvalue weighted by Crippen LogP contribution is 2.27. The van der Waals surface area contributed by atoms with Crippen LogP contribution in [0.1, 0.15) is 12.8 Å². The molecule has 0 unspecified atom stereocenters. The first-order valence-electron chi connectivity index (χ1n) is 5.81. The van der Waals surface area contributed by atoms with Crippen molar-refractivity contribution in [1.29, 1.82) is 0 Å². The van der Waals surface area contributed by atoms with Crippen molar-refractivity contribution in [3.63, 3.8) is 0 Å². The molecule has 0 aromatic rings. The summed E-state index contributed by atoms with van der Waals surface area (Å²) in [5.74, 6) is 0. The van der Waals surface area contributed by atoms with Crippen LogP contribution in [-0.4, -0.2) is 55.5 Å². The summed E-state index contributed by atoms with van der Waals surface area (Å²) in [6.07, 6.45) is 2.52. The Hall–Kier alpha value is -0.485. The fourth-order valence-electron chi connectivity index (χ4n) is 2.12. The molecule has 0 amide bonds. The summed E-state index contributed by atoms with van der Waals surface area (Å²) in [7, 11) is 0. The Labute approximate surface area is 94.1 Å². The molecule has 0 radical (unpaired) electrons. The van der Waals surface area contributed by atoms with Gasteiger partial charge in [-0.1, -0.05) is 0 Å². The van der Waals surface area contributed by atoms with Crippen molar-refractivity contribution in [1.82, 2.24) is 9.80 Å². The van der Waals surface area contributed by atoms with Crippen molar-refractivity contribution in [3.8, 4) is 0 Å². The highest BCUT2D eigenvalue weighted by molar-refractivity contribution is 6.66. The van der Waals surface area contributed by atoms with E-state index in [2.05, 4.69) is 11.5 Å². The van der Waals surface area contributed by atoms with Crippen LogP contribution in [0.25, 0.3) is 0 Å². The van der Waals surface area contributed by atoms with Gasteiger partial charge in [-0.15, -0.1) is 12.1 Å². The van der Waals surface area contributed by atoms with Gasteiger partial charge in [-0.05, 0) is 19.4 Å². The number of hydrogen-bond donors (Lipinski definition) is 0. The first kappa shape index (κ1) is 12.0. The number of nitrogens with zero attached hydrogens (tertiary/aromatic N) is 2. The van der Waals surface area contributed by atoms with Gasteiger partial charge in [0.2, 0.25) is 0 Å². The minimum absolute atomic E-state index is 0.0119. The second-order valence-electron chi connectivity index (χ2n) is 4.78. The molecule has 0 N–H and O–H groups in total. The third kappa shape index (κ3) is 3.01. The van der Waals surface area contributed by atoms with Crippen molar-refractivity contribution in [2.24, 2.45) is 0 Å². The molecule has 0 atom stereocenters. The number of hydrogen-bond acceptors (Lipinski definition) is 2. The maximum atomic E-state index is 12.3. The smallest absolute Gasteiger partial charge is 0.445 e. The molecule has 0 aromatic heterocycles. The van der Waals surface area contributed by atoms with Crippen LogP contribution in [0.3, 0.4) is 0 Å². The molecule has 1 saturated carbocycles. The van der Waals surface area contributed by atoms with E-state index >= 15 is 0 Å². The Morgan fingerprint density at radius 2 is 1.69 bits per heavy atom. The van der Waals surface area contributed by atoms with Crippen molar-refractivity contribution >= 4 is 6.98 Å². The quantitative estimate of drug-likeness (QED) is 0.682. The summed E-state index contributed by atoms with van der Waals surface area (Å²) >= 11 is 0. The molecule has 1 aliphatic heterocycles. The second-order valence-corrected chi connectivity index (χ2v) is 4.78. The third-order valence-electron chi connectivity index (χ3n) is 3.36. The van der Waals surface area contributed by atoms with Gasteiger partial charge in [-0.3, -0.25) is 9.80 Å². The van der Waals surface area contributed by atoms with E-state index in [0.717, 1.165) is 32.2 Å². The summed E-state index contributed by atoms with van der Waals surface area (Å²) in [5.41, 5.74) is -0.570. The molecule has 2 aliphatic rings. The van der Waals surface area contributed by atoms with Crippen LogP contribution >= 0.6 is 0 Å². The molecule has 2 rings (SSSR count). The lowest BCUT2D eigenvalue weighted by Crippen LogP contribution is -2.48. The van der Waals surface area contributed by atoms with Gasteiger partial charge in [0, 0.05) is 32.2 Å². The van der Waals surface area contributed by atoms with Crippen molar-refractivity contribution in [2.45, 2.75) is 18.9 Å². The molecule has 1 heterocycles. The van der Waals surface area contributed by atoms with Crippen molar-refractivity contribution in [3.05, 3.63) is 12.1 Å². The lowest BCUT2D eigenvalue weighted by molar-refractivity contribution is 0.134. The standard InChI is InChI=1S/C10H17BF3N2/c1-9(11(12,13)14)8-15-4-6-16(7-5-15)10-2-3-10/h10H,1-8H2/q-1. The summed E-state index contributed by atoms with van der Waals surface area (Å²) < 4.78 is 37.0. The first-order chi connectivity index (χ1) is 7.47. The largest absolute Gasteiger partial charge is 0.506 e. The van der Waals surface area contributed by atoms with E-state index in [-0.39, 0.29) is 6.54 Å². The topological polar surface area (TPSA) is 6.48 Å². The zero-order chi connectivity index (χ0) is 11.8. The van der Waals surface area contributed by atoms with Crippen LogP contribution in [0.4, 0.5) is 12.9 Å². The fourth-order valence-corrected chi connectivity index (χ4v) is 2.12. The van der Waals surface area contributed by atoms with E-state index in [1.54, 1.807) is 0 Å². The van der Waals surface area contributed by atoms with Gasteiger partial charge in [0.15, 0.2) is 0 Å². The Bertz CT molecular complexity index is 268. The number of halogens is 3. The Balaban J connectivity index is 1.74. The molecule has 0 bridgehead atoms. The van der Waals surface area contributed by atoms with Crippen LogP contribution in [0.15, 0.2) is 12.1 Å². The predicted molar refractivity (Wildman–Crippen MR) is 59.3 cm³/mol. The Kier molecular flexibility index (Phi) is 3.30. The average Bonchev–Trinajstić information content (AvgIpc) is 3.01. The highest BCUT2D eigenvalue weighted by atomic mass is 19.4. The highest BCUT2D eigenvalue weighted by Gasteiger charge is 2.32. The molecule has 92 valence electrons. The Morgan fingerprint density at radius 3 is 2.12 bits per heavy atom. The first-order valence-corrected chi connectivity index (χ1v) is 5.81. The normalized spacial score (nSPS) is 24.7. The lowest BCUT2D eigenvalue weighted by Gasteiger charge is -2.36. The number of piperazine rings is 1. The maximum Gasteiger partial charge on any atom is 0.506 e. The molecular weight excluding hydrogens is 216 g/mol. The third-order valence-corrected chi connectivity index (χ3v) is 3.36. The van der Waals surface area contributed by atoms with E-state index in [9.17, 15) is 12.9 Å². The van der Waals surface area contributed by atoms with Gasteiger partial charge >= 0.3 is 6.98 Å². The van der Waals surface area contributed by atoms with E-state index in [4.69, 9.17) is 0 Å². The van der Waals surface area contributed by atoms with Gasteiger partial charge < -0.3 is 12.9 Å². The van der Waals surface area contributed by atoms with Crippen molar-refractivity contribution < 1.29 is 12.9 Å². The van der Waals surface area contributed by atoms with Crippen LogP contribution in [0.2, 0.25) is 0 Å². The maximum absolute atomic E-state index is 12.3. The zero-order valence-corrected chi connectivity index (χ0v) is 9.34. The van der Waals surface area contributed by atoms with Gasteiger partial charge in [-0.2, -0.15) is 0 Å². The summed E-state index contributed by atoms with van der Waals surface area (Å²) in [6, 6.07) is 0.720. The van der Waals surface area contributed by atoms with E-state index < -0.39 is 12.4 Å². The summed E-state index contributed by atoms with van der Waals surface area (Å²) in [4.78, 5) is 4.24. The van der Waals surface area contributed by atoms with E-state index in [1.807, 2.05) is 4.90 Å². The molecular formula is C10H17BF3N2-. The van der Waals surface area contributed by atoms with Crippen LogP contribution in [-0.2, 0) is 0 Å². The average molecular weight is 233 g/mol. The summed E-state index contributed by atoms with van der Waals surface area (Å²) in [6.45, 7) is 1.55. The van der Waals surface area contributed by atoms with Gasteiger partial charge in [-0.25, -0.2) is 0 Å². The van der Waals surface area contributed by atoms with E-state index in [0.29, 0.717) is 0 Å². The van der Waals surface area contributed by atoms with Crippen LogP contribution in [0, 0.1) is 0 Å². The molecule has 2 nitrogen and oxygen atoms in total. The fraction of sp³-hybridized carbons (Fsp3) is 0.800. The number of rotatable bonds is 4. The summed E-state index contributed by atoms with van der Waals surface area (Å²) in [5, 5.41) is 0. The minimum atomic E-state index is -4.86. The minimum Gasteiger partial charge on any atom is -0.445 e. The lowest BCUT2D eigenvalue weighted by atomic mass is 9.80. The molecule has 16 heavy (non-hydrogen) atoms. The van der Waals surface area contributed by atoms with Crippen LogP contribution in [0.5, 0.6) is 0 Å². The monoisotopic (exact) mass is 233 g/mol. The van der Waals surface area contributed by atoms with Crippen LogP contribution < -0.4 is 0 Å². The molecule has 0 aromatic carbocycles. The molecule has 2 fully saturated rings. The Morgan fingerprint density at radius 1 is 1.12 bits per heavy atom. The zero-order valence-electron chi connectivity index (χ0n) is 9.34.